The lowest BCUT2D eigenvalue weighted by Gasteiger charge is -2.19. The van der Waals surface area contributed by atoms with Crippen LogP contribution in [0.2, 0.25) is 0 Å². The molecule has 0 unspecified atom stereocenters. The van der Waals surface area contributed by atoms with Gasteiger partial charge in [-0.15, -0.1) is 11.3 Å². The molecule has 0 N–H and O–H groups in total. The van der Waals surface area contributed by atoms with Crippen molar-refractivity contribution in [2.24, 2.45) is 0 Å². The van der Waals surface area contributed by atoms with Gasteiger partial charge in [-0.25, -0.2) is 4.39 Å². The van der Waals surface area contributed by atoms with E-state index in [0.29, 0.717) is 13.1 Å². The zero-order chi connectivity index (χ0) is 16.1. The van der Waals surface area contributed by atoms with Crippen molar-refractivity contribution in [3.63, 3.8) is 0 Å². The van der Waals surface area contributed by atoms with Crippen LogP contribution >= 0.6 is 11.3 Å². The van der Waals surface area contributed by atoms with Crippen molar-refractivity contribution in [3.8, 4) is 5.75 Å². The third-order valence-corrected chi connectivity index (χ3v) is 4.06. The van der Waals surface area contributed by atoms with Crippen molar-refractivity contribution in [2.45, 2.75) is 13.5 Å². The Kier molecular flexibility index (Phi) is 5.27. The molecule has 2 rings (SSSR count). The Labute approximate surface area is 132 Å². The Balaban J connectivity index is 2.23. The molecule has 4 nitrogen and oxygen atoms in total. The molecule has 1 aromatic heterocycles. The van der Waals surface area contributed by atoms with Gasteiger partial charge in [-0.05, 0) is 36.6 Å². The molecule has 22 heavy (non-hydrogen) atoms. The lowest BCUT2D eigenvalue weighted by atomic mass is 10.1. The van der Waals surface area contributed by atoms with Crippen LogP contribution in [0.5, 0.6) is 5.75 Å². The van der Waals surface area contributed by atoms with Crippen LogP contribution in [0.4, 0.5) is 4.39 Å². The summed E-state index contributed by atoms with van der Waals surface area (Å²) < 4.78 is 18.4. The summed E-state index contributed by atoms with van der Waals surface area (Å²) in [6, 6.07) is 7.33. The molecule has 1 heterocycles. The van der Waals surface area contributed by atoms with Crippen molar-refractivity contribution in [3.05, 3.63) is 52.0 Å². The number of hydrogen-bond donors (Lipinski definition) is 0. The van der Waals surface area contributed by atoms with E-state index in [-0.39, 0.29) is 11.3 Å². The standard InChI is InChI=1S/C16H16FNO3S/c1-3-18(10-12-5-4-8-22-12)16(20)15(19)13-9-11(17)6-7-14(13)21-2/h4-9H,3,10H2,1-2H3. The Morgan fingerprint density at radius 1 is 1.32 bits per heavy atom. The highest BCUT2D eigenvalue weighted by Crippen LogP contribution is 2.21. The molecule has 116 valence electrons. The number of rotatable bonds is 6. The van der Waals surface area contributed by atoms with E-state index in [9.17, 15) is 14.0 Å². The number of amides is 1. The maximum absolute atomic E-state index is 13.4. The minimum atomic E-state index is -0.769. The third kappa shape index (κ3) is 3.51. The van der Waals surface area contributed by atoms with E-state index in [1.54, 1.807) is 6.92 Å². The molecule has 0 bridgehead atoms. The summed E-state index contributed by atoms with van der Waals surface area (Å²) in [5, 5.41) is 1.91. The van der Waals surface area contributed by atoms with Crippen molar-refractivity contribution in [1.29, 1.82) is 0 Å². The summed E-state index contributed by atoms with van der Waals surface area (Å²) in [5.41, 5.74) is -0.0582. The number of hydrogen-bond acceptors (Lipinski definition) is 4. The number of thiophene rings is 1. The fraction of sp³-hybridized carbons (Fsp3) is 0.250. The minimum Gasteiger partial charge on any atom is -0.496 e. The maximum Gasteiger partial charge on any atom is 0.295 e. The van der Waals surface area contributed by atoms with Crippen LogP contribution in [-0.2, 0) is 11.3 Å². The van der Waals surface area contributed by atoms with Gasteiger partial charge in [0, 0.05) is 11.4 Å². The predicted octanol–water partition coefficient (Wildman–Crippen LogP) is 3.13. The molecule has 0 spiro atoms. The number of nitrogens with zero attached hydrogens (tertiary/aromatic N) is 1. The number of likely N-dealkylation sites (N-methyl/N-ethyl adjacent to an activating group) is 1. The zero-order valence-corrected chi connectivity index (χ0v) is 13.2. The van der Waals surface area contributed by atoms with Gasteiger partial charge in [-0.2, -0.15) is 0 Å². The first-order valence-electron chi connectivity index (χ1n) is 6.76. The Bertz CT molecular complexity index is 670. The van der Waals surface area contributed by atoms with Crippen molar-refractivity contribution in [1.82, 2.24) is 4.90 Å². The third-order valence-electron chi connectivity index (χ3n) is 3.20. The van der Waals surface area contributed by atoms with E-state index < -0.39 is 17.5 Å². The smallest absolute Gasteiger partial charge is 0.295 e. The summed E-state index contributed by atoms with van der Waals surface area (Å²) in [4.78, 5) is 27.2. The van der Waals surface area contributed by atoms with Gasteiger partial charge in [0.2, 0.25) is 0 Å². The second-order valence-corrected chi connectivity index (χ2v) is 5.60. The number of benzene rings is 1. The van der Waals surface area contributed by atoms with Crippen LogP contribution in [0.3, 0.4) is 0 Å². The zero-order valence-electron chi connectivity index (χ0n) is 12.3. The predicted molar refractivity (Wildman–Crippen MR) is 82.7 cm³/mol. The molecule has 1 amide bonds. The second-order valence-electron chi connectivity index (χ2n) is 4.57. The average molecular weight is 321 g/mol. The first-order chi connectivity index (χ1) is 10.6. The average Bonchev–Trinajstić information content (AvgIpc) is 3.04. The Morgan fingerprint density at radius 3 is 2.68 bits per heavy atom. The summed E-state index contributed by atoms with van der Waals surface area (Å²) in [7, 11) is 1.37. The fourth-order valence-corrected chi connectivity index (χ4v) is 2.75. The van der Waals surface area contributed by atoms with Crippen LogP contribution in [-0.4, -0.2) is 30.2 Å². The quantitative estimate of drug-likeness (QED) is 0.606. The topological polar surface area (TPSA) is 46.6 Å². The van der Waals surface area contributed by atoms with Crippen LogP contribution < -0.4 is 4.74 Å². The minimum absolute atomic E-state index is 0.0582. The molecule has 6 heteroatoms. The fourth-order valence-electron chi connectivity index (χ4n) is 2.03. The molecule has 0 radical (unpaired) electrons. The highest BCUT2D eigenvalue weighted by molar-refractivity contribution is 7.09. The molecule has 0 saturated heterocycles. The number of methoxy groups -OCH3 is 1. The first kappa shape index (κ1) is 16.2. The molecule has 2 aromatic rings. The lowest BCUT2D eigenvalue weighted by molar-refractivity contribution is -0.126. The van der Waals surface area contributed by atoms with Gasteiger partial charge in [0.25, 0.3) is 11.7 Å². The number of ether oxygens (including phenoxy) is 1. The van der Waals surface area contributed by atoms with E-state index >= 15 is 0 Å². The number of ketones is 1. The lowest BCUT2D eigenvalue weighted by Crippen LogP contribution is -2.36. The molecular formula is C16H16FNO3S. The van der Waals surface area contributed by atoms with Gasteiger partial charge in [0.05, 0.1) is 19.2 Å². The SMILES string of the molecule is CCN(Cc1cccs1)C(=O)C(=O)c1cc(F)ccc1OC. The van der Waals surface area contributed by atoms with E-state index in [1.165, 1.54) is 35.5 Å². The largest absolute Gasteiger partial charge is 0.496 e. The van der Waals surface area contributed by atoms with Gasteiger partial charge in [-0.3, -0.25) is 9.59 Å². The number of Topliss-reactive ketones (excluding diaryl/α,β-unsaturated/α-hetero) is 1. The van der Waals surface area contributed by atoms with Crippen LogP contribution in [0.15, 0.2) is 35.7 Å². The summed E-state index contributed by atoms with van der Waals surface area (Å²) >= 11 is 1.51. The van der Waals surface area contributed by atoms with Crippen molar-refractivity contribution >= 4 is 23.0 Å². The molecule has 0 aliphatic carbocycles. The number of carbonyl (C=O) groups is 2. The monoisotopic (exact) mass is 321 g/mol. The second kappa shape index (κ2) is 7.17. The van der Waals surface area contributed by atoms with Gasteiger partial charge < -0.3 is 9.64 Å². The molecule has 0 saturated carbocycles. The molecule has 0 aliphatic heterocycles. The van der Waals surface area contributed by atoms with Gasteiger partial charge >= 0.3 is 0 Å². The molecular weight excluding hydrogens is 305 g/mol. The van der Waals surface area contributed by atoms with Crippen LogP contribution in [0.1, 0.15) is 22.2 Å². The molecule has 0 atom stereocenters. The number of halogens is 1. The van der Waals surface area contributed by atoms with E-state index in [2.05, 4.69) is 0 Å². The summed E-state index contributed by atoms with van der Waals surface area (Å²) in [6.07, 6.45) is 0. The van der Waals surface area contributed by atoms with Gasteiger partial charge in [-0.1, -0.05) is 6.07 Å². The molecule has 0 aliphatic rings. The molecule has 0 fully saturated rings. The van der Waals surface area contributed by atoms with Crippen LogP contribution in [0.25, 0.3) is 0 Å². The normalized spacial score (nSPS) is 10.3. The van der Waals surface area contributed by atoms with Crippen molar-refractivity contribution < 1.29 is 18.7 Å². The van der Waals surface area contributed by atoms with Gasteiger partial charge in [0.15, 0.2) is 0 Å². The maximum atomic E-state index is 13.4. The Morgan fingerprint density at radius 2 is 2.09 bits per heavy atom. The van der Waals surface area contributed by atoms with Crippen molar-refractivity contribution in [2.75, 3.05) is 13.7 Å². The van der Waals surface area contributed by atoms with Crippen LogP contribution in [0, 0.1) is 5.82 Å². The van der Waals surface area contributed by atoms with E-state index in [4.69, 9.17) is 4.74 Å². The highest BCUT2D eigenvalue weighted by Gasteiger charge is 2.25. The number of carbonyl (C=O) groups excluding carboxylic acids is 2. The van der Waals surface area contributed by atoms with Gasteiger partial charge in [0.1, 0.15) is 11.6 Å². The summed E-state index contributed by atoms with van der Waals surface area (Å²) in [5.74, 6) is -1.83. The molecule has 1 aromatic carbocycles. The first-order valence-corrected chi connectivity index (χ1v) is 7.64. The Hall–Kier alpha value is -2.21. The highest BCUT2D eigenvalue weighted by atomic mass is 32.1. The van der Waals surface area contributed by atoms with E-state index in [1.807, 2.05) is 17.5 Å². The summed E-state index contributed by atoms with van der Waals surface area (Å²) in [6.45, 7) is 2.54. The van der Waals surface area contributed by atoms with E-state index in [0.717, 1.165) is 10.9 Å².